The van der Waals surface area contributed by atoms with Gasteiger partial charge in [0.15, 0.2) is 5.96 Å². The smallest absolute Gasteiger partial charge is 0.326 e. The maximum atomic E-state index is 14.2. The van der Waals surface area contributed by atoms with E-state index in [2.05, 4.69) is 25.9 Å². The van der Waals surface area contributed by atoms with Crippen molar-refractivity contribution in [2.75, 3.05) is 26.2 Å². The lowest BCUT2D eigenvalue weighted by Gasteiger charge is -2.31. The second-order valence-corrected chi connectivity index (χ2v) is 15.4. The SMILES string of the molecule is CC(C)C[C@H](NC(=O)[C@@H]1CCCN1C(=O)[C@@H](N)CCCN=C(N)N)C(=O)N[C@@H](CCCCN)C(=O)N1CCC[C@H]1C(=O)N[C@@H](Cc1c[nH]c2ccccc12)C(=O)O. The van der Waals surface area contributed by atoms with E-state index in [0.29, 0.717) is 71.0 Å². The number of hydrogen-bond acceptors (Lipinski definition) is 9. The minimum Gasteiger partial charge on any atom is -0.480 e. The number of para-hydroxylation sites is 1. The Morgan fingerprint density at radius 2 is 1.49 bits per heavy atom. The molecule has 2 aliphatic heterocycles. The zero-order valence-corrected chi connectivity index (χ0v) is 33.1. The first-order valence-electron chi connectivity index (χ1n) is 20.0. The number of amides is 5. The van der Waals surface area contributed by atoms with Gasteiger partial charge in [0, 0.05) is 43.2 Å². The van der Waals surface area contributed by atoms with Gasteiger partial charge < -0.3 is 58.8 Å². The van der Waals surface area contributed by atoms with Crippen molar-refractivity contribution in [2.24, 2.45) is 33.8 Å². The number of carboxylic acids is 1. The third-order valence-corrected chi connectivity index (χ3v) is 10.6. The van der Waals surface area contributed by atoms with Gasteiger partial charge in [0.1, 0.15) is 30.2 Å². The molecular weight excluding hydrogens is 734 g/mol. The minimum absolute atomic E-state index is 0.0227. The number of aliphatic imine (C=N–C) groups is 1. The molecule has 0 unspecified atom stereocenters. The van der Waals surface area contributed by atoms with Crippen LogP contribution in [0.5, 0.6) is 0 Å². The normalized spacial score (nSPS) is 18.8. The number of H-pyrrole nitrogens is 1. The summed E-state index contributed by atoms with van der Waals surface area (Å²) in [4.78, 5) is 91.1. The summed E-state index contributed by atoms with van der Waals surface area (Å²) in [5.74, 6) is -3.77. The van der Waals surface area contributed by atoms with Crippen LogP contribution in [0.15, 0.2) is 35.5 Å². The molecule has 0 radical (unpaired) electrons. The van der Waals surface area contributed by atoms with Gasteiger partial charge in [-0.05, 0) is 88.3 Å². The predicted molar refractivity (Wildman–Crippen MR) is 215 cm³/mol. The Labute approximate surface area is 333 Å². The second kappa shape index (κ2) is 21.3. The highest BCUT2D eigenvalue weighted by atomic mass is 16.4. The van der Waals surface area contributed by atoms with E-state index >= 15 is 0 Å². The number of nitrogens with two attached hydrogens (primary N) is 4. The van der Waals surface area contributed by atoms with Gasteiger partial charge in [0.2, 0.25) is 29.5 Å². The Balaban J connectivity index is 1.44. The van der Waals surface area contributed by atoms with Crippen molar-refractivity contribution >= 4 is 52.4 Å². The van der Waals surface area contributed by atoms with Crippen LogP contribution < -0.4 is 38.9 Å². The van der Waals surface area contributed by atoms with E-state index in [1.165, 1.54) is 9.80 Å². The molecule has 2 saturated heterocycles. The van der Waals surface area contributed by atoms with Crippen LogP contribution in [0.4, 0.5) is 0 Å². The first kappa shape index (κ1) is 44.5. The number of guanidine groups is 1. The Kier molecular flexibility index (Phi) is 16.7. The van der Waals surface area contributed by atoms with E-state index < -0.39 is 65.8 Å². The topological polar surface area (TPSA) is 297 Å². The highest BCUT2D eigenvalue weighted by molar-refractivity contribution is 5.97. The van der Waals surface area contributed by atoms with E-state index in [1.54, 1.807) is 6.20 Å². The first-order valence-corrected chi connectivity index (χ1v) is 20.0. The largest absolute Gasteiger partial charge is 0.480 e. The van der Waals surface area contributed by atoms with Gasteiger partial charge in [-0.25, -0.2) is 4.79 Å². The molecule has 0 bridgehead atoms. The average Bonchev–Trinajstić information content (AvgIpc) is 3.95. The first-order chi connectivity index (χ1) is 27.2. The number of aromatic nitrogens is 1. The zero-order valence-electron chi connectivity index (χ0n) is 33.1. The van der Waals surface area contributed by atoms with Crippen LogP contribution >= 0.6 is 0 Å². The van der Waals surface area contributed by atoms with Crippen molar-refractivity contribution in [3.05, 3.63) is 36.0 Å². The lowest BCUT2D eigenvalue weighted by Crippen LogP contribution is -2.59. The molecular formula is C39H61N11O7. The van der Waals surface area contributed by atoms with Gasteiger partial charge in [-0.3, -0.25) is 29.0 Å². The van der Waals surface area contributed by atoms with Gasteiger partial charge in [-0.1, -0.05) is 32.0 Å². The number of hydrogen-bond donors (Lipinski definition) is 9. The molecule has 18 nitrogen and oxygen atoms in total. The molecule has 4 rings (SSSR count). The number of aliphatic carboxylic acids is 1. The van der Waals surface area contributed by atoms with E-state index in [-0.39, 0.29) is 43.6 Å². The monoisotopic (exact) mass is 795 g/mol. The van der Waals surface area contributed by atoms with Crippen LogP contribution in [0.25, 0.3) is 10.9 Å². The highest BCUT2D eigenvalue weighted by Crippen LogP contribution is 2.23. The molecule has 2 aromatic rings. The van der Waals surface area contributed by atoms with Crippen molar-refractivity contribution < 1.29 is 33.9 Å². The molecule has 0 spiro atoms. The molecule has 3 heterocycles. The number of carbonyl (C=O) groups excluding carboxylic acids is 5. The number of fused-ring (bicyclic) bond motifs is 1. The van der Waals surface area contributed by atoms with Crippen molar-refractivity contribution in [1.29, 1.82) is 0 Å². The standard InChI is InChI=1S/C39H61N11O7/c1-23(2)20-29(47-34(52)31-14-8-18-49(31)36(54)26(41)11-7-17-44-39(42)43)33(51)46-28(13-5-6-16-40)37(55)50-19-9-15-32(50)35(53)48-30(38(56)57)21-24-22-45-27-12-4-3-10-25(24)27/h3-4,10,12,22-23,26,28-32,45H,5-9,11,13-21,40-41H2,1-2H3,(H,46,51)(H,47,52)(H,48,53)(H,56,57)(H4,42,43,44)/t26-,28-,29-,30-,31-,32-/m0/s1. The Morgan fingerprint density at radius 1 is 0.860 bits per heavy atom. The molecule has 13 N–H and O–H groups in total. The molecule has 18 heteroatoms. The Hall–Kier alpha value is -5.23. The molecule has 2 fully saturated rings. The number of rotatable bonds is 21. The fourth-order valence-electron chi connectivity index (χ4n) is 7.64. The number of aromatic amines is 1. The van der Waals surface area contributed by atoms with Crippen LogP contribution in [0.1, 0.15) is 83.6 Å². The summed E-state index contributed by atoms with van der Waals surface area (Å²) in [6, 6.07) is 1.56. The molecule has 0 aliphatic carbocycles. The summed E-state index contributed by atoms with van der Waals surface area (Å²) >= 11 is 0. The van der Waals surface area contributed by atoms with Crippen LogP contribution in [0.2, 0.25) is 0 Å². The summed E-state index contributed by atoms with van der Waals surface area (Å²) in [5, 5.41) is 19.3. The lowest BCUT2D eigenvalue weighted by molar-refractivity contribution is -0.145. The predicted octanol–water partition coefficient (Wildman–Crippen LogP) is -0.213. The van der Waals surface area contributed by atoms with E-state index in [4.69, 9.17) is 22.9 Å². The van der Waals surface area contributed by atoms with E-state index in [9.17, 15) is 33.9 Å². The number of benzene rings is 1. The maximum Gasteiger partial charge on any atom is 0.326 e. The Bertz CT molecular complexity index is 1740. The molecule has 2 aliphatic rings. The van der Waals surface area contributed by atoms with Gasteiger partial charge in [0.05, 0.1) is 6.04 Å². The Morgan fingerprint density at radius 3 is 2.11 bits per heavy atom. The van der Waals surface area contributed by atoms with Crippen LogP contribution in [-0.2, 0) is 35.2 Å². The molecule has 1 aromatic heterocycles. The number of nitrogens with one attached hydrogen (secondary N) is 4. The van der Waals surface area contributed by atoms with Crippen molar-refractivity contribution in [1.82, 2.24) is 30.7 Å². The molecule has 314 valence electrons. The van der Waals surface area contributed by atoms with E-state index in [0.717, 1.165) is 16.5 Å². The molecule has 0 saturated carbocycles. The number of nitrogens with zero attached hydrogens (tertiary/aromatic N) is 3. The number of unbranched alkanes of at least 4 members (excludes halogenated alkanes) is 1. The zero-order chi connectivity index (χ0) is 41.6. The average molecular weight is 796 g/mol. The van der Waals surface area contributed by atoms with Gasteiger partial charge in [-0.2, -0.15) is 0 Å². The van der Waals surface area contributed by atoms with Crippen LogP contribution in [0.3, 0.4) is 0 Å². The number of carboxylic acid groups (broad SMARTS) is 1. The fourth-order valence-corrected chi connectivity index (χ4v) is 7.64. The fraction of sp³-hybridized carbons (Fsp3) is 0.615. The third-order valence-electron chi connectivity index (χ3n) is 10.6. The van der Waals surface area contributed by atoms with Gasteiger partial charge >= 0.3 is 5.97 Å². The van der Waals surface area contributed by atoms with Gasteiger partial charge in [-0.15, -0.1) is 0 Å². The molecule has 57 heavy (non-hydrogen) atoms. The van der Waals surface area contributed by atoms with E-state index in [1.807, 2.05) is 38.1 Å². The van der Waals surface area contributed by atoms with Crippen molar-refractivity contribution in [3.8, 4) is 0 Å². The summed E-state index contributed by atoms with van der Waals surface area (Å²) < 4.78 is 0. The highest BCUT2D eigenvalue weighted by Gasteiger charge is 2.41. The summed E-state index contributed by atoms with van der Waals surface area (Å²) in [6.45, 7) is 5.09. The van der Waals surface area contributed by atoms with Crippen LogP contribution in [0, 0.1) is 5.92 Å². The minimum atomic E-state index is -1.24. The summed E-state index contributed by atoms with van der Waals surface area (Å²) in [7, 11) is 0. The molecule has 6 atom stereocenters. The van der Waals surface area contributed by atoms with Crippen molar-refractivity contribution in [3.63, 3.8) is 0 Å². The quantitative estimate of drug-likeness (QED) is 0.0452. The molecule has 1 aromatic carbocycles. The van der Waals surface area contributed by atoms with Crippen LogP contribution in [-0.4, -0.2) is 124 Å². The van der Waals surface area contributed by atoms with Crippen molar-refractivity contribution in [2.45, 2.75) is 121 Å². The maximum absolute atomic E-state index is 14.2. The second-order valence-electron chi connectivity index (χ2n) is 15.4. The summed E-state index contributed by atoms with van der Waals surface area (Å²) in [5.41, 5.74) is 24.3. The lowest BCUT2D eigenvalue weighted by atomic mass is 10.0. The third kappa shape index (κ3) is 12.4. The number of likely N-dealkylation sites (tertiary alicyclic amines) is 2. The molecule has 5 amide bonds. The summed E-state index contributed by atoms with van der Waals surface area (Å²) in [6.07, 6.45) is 5.97. The van der Waals surface area contributed by atoms with Gasteiger partial charge in [0.25, 0.3) is 0 Å². The number of carbonyl (C=O) groups is 6.